The maximum Gasteiger partial charge on any atom is 0.305 e. The number of carbonyl (C=O) groups is 2. The largest absolute Gasteiger partial charge is 0.466 e. The summed E-state index contributed by atoms with van der Waals surface area (Å²) in [5.74, 6) is -0.0539. The first kappa shape index (κ1) is 70.6. The van der Waals surface area contributed by atoms with Crippen LogP contribution in [0.3, 0.4) is 0 Å². The molecule has 0 aromatic carbocycles. The van der Waals surface area contributed by atoms with Crippen molar-refractivity contribution in [2.75, 3.05) is 13.2 Å². The summed E-state index contributed by atoms with van der Waals surface area (Å²) < 4.78 is 5.50. The second-order valence-corrected chi connectivity index (χ2v) is 22.8. The van der Waals surface area contributed by atoms with Crippen molar-refractivity contribution in [1.29, 1.82) is 0 Å². The van der Waals surface area contributed by atoms with Gasteiger partial charge in [0.25, 0.3) is 0 Å². The zero-order valence-electron chi connectivity index (χ0n) is 48.9. The summed E-state index contributed by atoms with van der Waals surface area (Å²) in [6.45, 7) is 4.94. The summed E-state index contributed by atoms with van der Waals surface area (Å²) in [6, 6.07) is -0.630. The molecule has 72 heavy (non-hydrogen) atoms. The number of nitrogens with one attached hydrogen (secondary N) is 1. The van der Waals surface area contributed by atoms with Crippen LogP contribution < -0.4 is 5.32 Å². The van der Waals surface area contributed by atoms with Gasteiger partial charge < -0.3 is 20.3 Å². The number of allylic oxidation sites excluding steroid dienone is 1. The van der Waals surface area contributed by atoms with Crippen molar-refractivity contribution in [3.8, 4) is 0 Å². The molecule has 0 spiro atoms. The van der Waals surface area contributed by atoms with E-state index in [0.717, 1.165) is 38.5 Å². The minimum atomic E-state index is -0.846. The van der Waals surface area contributed by atoms with E-state index in [1.165, 1.54) is 308 Å². The summed E-state index contributed by atoms with van der Waals surface area (Å²) in [5.41, 5.74) is 0. The molecule has 1 amide bonds. The second kappa shape index (κ2) is 62.1. The molecule has 428 valence electrons. The van der Waals surface area contributed by atoms with Crippen LogP contribution in [0.25, 0.3) is 0 Å². The Labute approximate surface area is 450 Å². The average molecular weight is 1020 g/mol. The maximum absolute atomic E-state index is 12.5. The number of carbonyl (C=O) groups excluding carboxylic acids is 2. The van der Waals surface area contributed by atoms with E-state index in [2.05, 4.69) is 19.2 Å². The third-order valence-corrected chi connectivity index (χ3v) is 15.6. The molecule has 0 saturated carbocycles. The molecule has 0 heterocycles. The second-order valence-electron chi connectivity index (χ2n) is 22.8. The van der Waals surface area contributed by atoms with Crippen LogP contribution in [0.4, 0.5) is 0 Å². The maximum atomic E-state index is 12.5. The molecule has 0 aliphatic heterocycles. The van der Waals surface area contributed by atoms with Crippen LogP contribution >= 0.6 is 0 Å². The van der Waals surface area contributed by atoms with Crippen molar-refractivity contribution in [3.05, 3.63) is 12.2 Å². The molecule has 3 N–H and O–H groups in total. The van der Waals surface area contributed by atoms with Gasteiger partial charge in [0, 0.05) is 12.8 Å². The van der Waals surface area contributed by atoms with E-state index in [1.807, 2.05) is 6.08 Å². The Morgan fingerprint density at radius 1 is 0.375 bits per heavy atom. The lowest BCUT2D eigenvalue weighted by atomic mass is 10.0. The van der Waals surface area contributed by atoms with Crippen LogP contribution in [0.2, 0.25) is 0 Å². The molecule has 0 radical (unpaired) electrons. The Hall–Kier alpha value is -1.40. The molecular formula is C66H129NO5. The molecule has 2 atom stereocenters. The number of ether oxygens (including phenoxy) is 1. The van der Waals surface area contributed by atoms with Gasteiger partial charge in [-0.2, -0.15) is 0 Å². The molecular weight excluding hydrogens is 887 g/mol. The highest BCUT2D eigenvalue weighted by molar-refractivity contribution is 5.76. The van der Waals surface area contributed by atoms with Gasteiger partial charge in [0.05, 0.1) is 25.4 Å². The predicted octanol–water partition coefficient (Wildman–Crippen LogP) is 20.8. The number of esters is 1. The van der Waals surface area contributed by atoms with Crippen molar-refractivity contribution in [2.45, 2.75) is 386 Å². The van der Waals surface area contributed by atoms with Gasteiger partial charge >= 0.3 is 5.97 Å². The molecule has 0 rings (SSSR count). The first-order valence-electron chi connectivity index (χ1n) is 33.0. The lowest BCUT2D eigenvalue weighted by molar-refractivity contribution is -0.143. The van der Waals surface area contributed by atoms with Crippen LogP contribution in [0.1, 0.15) is 373 Å². The third kappa shape index (κ3) is 57.9. The molecule has 2 unspecified atom stereocenters. The number of hydrogen-bond donors (Lipinski definition) is 3. The number of rotatable bonds is 62. The Morgan fingerprint density at radius 3 is 0.944 bits per heavy atom. The fourth-order valence-electron chi connectivity index (χ4n) is 10.5. The van der Waals surface area contributed by atoms with E-state index < -0.39 is 12.1 Å². The van der Waals surface area contributed by atoms with Crippen molar-refractivity contribution in [2.24, 2.45) is 0 Å². The molecule has 0 aliphatic carbocycles. The highest BCUT2D eigenvalue weighted by Gasteiger charge is 2.18. The molecule has 0 saturated heterocycles. The summed E-state index contributed by atoms with van der Waals surface area (Å²) in [5, 5.41) is 23.2. The third-order valence-electron chi connectivity index (χ3n) is 15.6. The van der Waals surface area contributed by atoms with Crippen molar-refractivity contribution < 1.29 is 24.5 Å². The van der Waals surface area contributed by atoms with E-state index in [1.54, 1.807) is 6.08 Å². The highest BCUT2D eigenvalue weighted by atomic mass is 16.5. The molecule has 0 bridgehead atoms. The summed E-state index contributed by atoms with van der Waals surface area (Å²) in [6.07, 6.45) is 75.4. The van der Waals surface area contributed by atoms with E-state index in [0.29, 0.717) is 19.4 Å². The average Bonchev–Trinajstić information content (AvgIpc) is 3.38. The molecule has 6 nitrogen and oxygen atoms in total. The number of aliphatic hydroxyl groups excluding tert-OH is 2. The Kier molecular flexibility index (Phi) is 60.9. The lowest BCUT2D eigenvalue weighted by Gasteiger charge is -2.20. The van der Waals surface area contributed by atoms with Gasteiger partial charge in [0.1, 0.15) is 0 Å². The van der Waals surface area contributed by atoms with Crippen LogP contribution in [0, 0.1) is 0 Å². The Morgan fingerprint density at radius 2 is 0.639 bits per heavy atom. The van der Waals surface area contributed by atoms with E-state index in [-0.39, 0.29) is 18.5 Å². The van der Waals surface area contributed by atoms with Gasteiger partial charge in [-0.05, 0) is 32.1 Å². The summed E-state index contributed by atoms with van der Waals surface area (Å²) in [4.78, 5) is 24.6. The van der Waals surface area contributed by atoms with Crippen molar-refractivity contribution in [1.82, 2.24) is 5.32 Å². The first-order valence-corrected chi connectivity index (χ1v) is 33.0. The minimum absolute atomic E-state index is 0.0128. The zero-order chi connectivity index (χ0) is 52.2. The number of amides is 1. The molecule has 0 fully saturated rings. The zero-order valence-corrected chi connectivity index (χ0v) is 48.9. The van der Waals surface area contributed by atoms with Gasteiger partial charge in [-0.1, -0.05) is 341 Å². The SMILES string of the molecule is CCCCCCCCCCCCCCCCCCCC/C=C/C(O)C(CO)NC(=O)CCCCCCCCCCCCCCCCCCCCCOC(=O)CCCCCCCCCCCCCCCCCC. The highest BCUT2D eigenvalue weighted by Crippen LogP contribution is 2.19. The minimum Gasteiger partial charge on any atom is -0.466 e. The number of aliphatic hydroxyl groups is 2. The smallest absolute Gasteiger partial charge is 0.305 e. The normalized spacial score (nSPS) is 12.6. The fraction of sp³-hybridized carbons (Fsp3) is 0.939. The Balaban J connectivity index is 3.41. The van der Waals surface area contributed by atoms with Crippen LogP contribution in [-0.4, -0.2) is 47.4 Å². The monoisotopic (exact) mass is 1020 g/mol. The van der Waals surface area contributed by atoms with Gasteiger partial charge in [-0.3, -0.25) is 9.59 Å². The van der Waals surface area contributed by atoms with Gasteiger partial charge in [0.2, 0.25) is 5.91 Å². The lowest BCUT2D eigenvalue weighted by Crippen LogP contribution is -2.45. The number of unbranched alkanes of at least 4 members (excludes halogenated alkanes) is 51. The first-order chi connectivity index (χ1) is 35.5. The van der Waals surface area contributed by atoms with Gasteiger partial charge in [-0.15, -0.1) is 0 Å². The Bertz CT molecular complexity index is 1080. The van der Waals surface area contributed by atoms with Crippen molar-refractivity contribution in [3.63, 3.8) is 0 Å². The van der Waals surface area contributed by atoms with Crippen molar-refractivity contribution >= 4 is 11.9 Å². The molecule has 0 aliphatic rings. The fourth-order valence-corrected chi connectivity index (χ4v) is 10.5. The van der Waals surface area contributed by atoms with Gasteiger partial charge in [0.15, 0.2) is 0 Å². The summed E-state index contributed by atoms with van der Waals surface area (Å²) in [7, 11) is 0. The van der Waals surface area contributed by atoms with Crippen LogP contribution in [0.5, 0.6) is 0 Å². The predicted molar refractivity (Wildman–Crippen MR) is 315 cm³/mol. The topological polar surface area (TPSA) is 95.9 Å². The van der Waals surface area contributed by atoms with E-state index in [4.69, 9.17) is 4.74 Å². The van der Waals surface area contributed by atoms with Crippen LogP contribution in [-0.2, 0) is 14.3 Å². The van der Waals surface area contributed by atoms with Crippen LogP contribution in [0.15, 0.2) is 12.2 Å². The molecule has 0 aromatic heterocycles. The standard InChI is InChI=1S/C66H129NO5/c1-3-5-7-9-11-13-15-17-19-21-22-24-27-30-34-38-42-46-50-54-58-64(69)63(62-68)67-65(70)59-55-51-47-43-39-35-31-28-25-23-26-29-33-37-41-45-49-53-57-61-72-66(71)60-56-52-48-44-40-36-32-20-18-16-14-12-10-8-6-4-2/h54,58,63-64,68-69H,3-53,55-57,59-62H2,1-2H3,(H,67,70)/b58-54+. The van der Waals surface area contributed by atoms with Gasteiger partial charge in [-0.25, -0.2) is 0 Å². The quantitative estimate of drug-likeness (QED) is 0.0320. The number of hydrogen-bond acceptors (Lipinski definition) is 5. The van der Waals surface area contributed by atoms with E-state index >= 15 is 0 Å². The molecule has 6 heteroatoms. The summed E-state index contributed by atoms with van der Waals surface area (Å²) >= 11 is 0. The van der Waals surface area contributed by atoms with E-state index in [9.17, 15) is 19.8 Å². The molecule has 0 aromatic rings.